The summed E-state index contributed by atoms with van der Waals surface area (Å²) >= 11 is 9.12. The molecule has 1 heterocycles. The van der Waals surface area contributed by atoms with E-state index in [1.54, 1.807) is 12.1 Å². The maximum absolute atomic E-state index is 11.6. The predicted octanol–water partition coefficient (Wildman–Crippen LogP) is 1.13. The molecule has 2 amide bonds. The Morgan fingerprint density at radius 1 is 1.56 bits per heavy atom. The summed E-state index contributed by atoms with van der Waals surface area (Å²) in [6.45, 7) is 0. The number of fused-ring (bicyclic) bond motifs is 1. The lowest BCUT2D eigenvalue weighted by Crippen LogP contribution is -2.37. The first-order valence-electron chi connectivity index (χ1n) is 4.35. The molecule has 0 saturated carbocycles. The van der Waals surface area contributed by atoms with E-state index in [0.717, 1.165) is 0 Å². The lowest BCUT2D eigenvalue weighted by atomic mass is 10.0. The van der Waals surface area contributed by atoms with Crippen molar-refractivity contribution in [2.75, 3.05) is 5.32 Å². The Morgan fingerprint density at radius 3 is 2.88 bits per heavy atom. The molecule has 1 aliphatic heterocycles. The normalized spacial score (nSPS) is 17.9. The summed E-state index contributed by atoms with van der Waals surface area (Å²) in [5.41, 5.74) is 3.04. The second-order valence-electron chi connectivity index (χ2n) is 3.28. The van der Waals surface area contributed by atoms with Crippen LogP contribution in [0.2, 0.25) is 5.02 Å². The number of carbonyl (C=O) groups is 2. The third-order valence-electron chi connectivity index (χ3n) is 2.31. The first kappa shape index (κ1) is 11.4. The zero-order chi connectivity index (χ0) is 11.9. The van der Waals surface area contributed by atoms with Crippen molar-refractivity contribution in [3.8, 4) is 0 Å². The summed E-state index contributed by atoms with van der Waals surface area (Å²) < 4.78 is 0.635. The van der Waals surface area contributed by atoms with Crippen molar-refractivity contribution in [1.82, 2.24) is 5.43 Å². The molecular formula is C9H7BrClN3O2. The lowest BCUT2D eigenvalue weighted by molar-refractivity contribution is -0.128. The van der Waals surface area contributed by atoms with E-state index in [9.17, 15) is 9.59 Å². The Bertz CT molecular complexity index is 492. The van der Waals surface area contributed by atoms with Crippen LogP contribution in [0.4, 0.5) is 5.69 Å². The number of rotatable bonds is 1. The Hall–Kier alpha value is -1.11. The van der Waals surface area contributed by atoms with Gasteiger partial charge < -0.3 is 5.32 Å². The smallest absolute Gasteiger partial charge is 0.251 e. The minimum Gasteiger partial charge on any atom is -0.324 e. The minimum absolute atomic E-state index is 0.416. The lowest BCUT2D eigenvalue weighted by Gasteiger charge is -2.07. The molecule has 0 aliphatic carbocycles. The fourth-order valence-electron chi connectivity index (χ4n) is 1.63. The van der Waals surface area contributed by atoms with Crippen molar-refractivity contribution in [1.29, 1.82) is 0 Å². The fourth-order valence-corrected chi connectivity index (χ4v) is 2.57. The van der Waals surface area contributed by atoms with E-state index < -0.39 is 17.7 Å². The predicted molar refractivity (Wildman–Crippen MR) is 62.9 cm³/mol. The molecule has 0 aromatic heterocycles. The highest BCUT2D eigenvalue weighted by atomic mass is 79.9. The zero-order valence-electron chi connectivity index (χ0n) is 7.88. The Balaban J connectivity index is 2.56. The summed E-state index contributed by atoms with van der Waals surface area (Å²) in [7, 11) is 0. The van der Waals surface area contributed by atoms with Gasteiger partial charge in [-0.05, 0) is 28.1 Å². The van der Waals surface area contributed by atoms with Crippen molar-refractivity contribution in [3.63, 3.8) is 0 Å². The summed E-state index contributed by atoms with van der Waals surface area (Å²) in [4.78, 5) is 23.1. The molecule has 5 nitrogen and oxygen atoms in total. The number of amides is 2. The van der Waals surface area contributed by atoms with Crippen molar-refractivity contribution in [3.05, 3.63) is 27.2 Å². The maximum atomic E-state index is 11.6. The number of nitrogens with one attached hydrogen (secondary N) is 2. The molecule has 1 unspecified atom stereocenters. The second kappa shape index (κ2) is 4.04. The molecule has 0 spiro atoms. The van der Waals surface area contributed by atoms with E-state index in [1.165, 1.54) is 0 Å². The molecular weight excluding hydrogens is 297 g/mol. The van der Waals surface area contributed by atoms with E-state index in [0.29, 0.717) is 20.7 Å². The van der Waals surface area contributed by atoms with Crippen LogP contribution < -0.4 is 16.6 Å². The first-order chi connectivity index (χ1) is 7.54. The van der Waals surface area contributed by atoms with Crippen LogP contribution in [0.25, 0.3) is 0 Å². The third-order valence-corrected chi connectivity index (χ3v) is 3.15. The molecule has 84 valence electrons. The van der Waals surface area contributed by atoms with E-state index >= 15 is 0 Å². The molecule has 1 atom stereocenters. The topological polar surface area (TPSA) is 84.2 Å². The second-order valence-corrected chi connectivity index (χ2v) is 4.57. The number of carbonyl (C=O) groups excluding carboxylic acids is 2. The van der Waals surface area contributed by atoms with E-state index in [4.69, 9.17) is 17.4 Å². The van der Waals surface area contributed by atoms with Gasteiger partial charge in [-0.15, -0.1) is 0 Å². The molecule has 7 heteroatoms. The highest BCUT2D eigenvalue weighted by molar-refractivity contribution is 9.10. The molecule has 1 aliphatic rings. The molecule has 16 heavy (non-hydrogen) atoms. The standard InChI is InChI=1S/C9H7BrClN3O2/c10-5-2-3(11)1-4-6(9(16)14-12)8(15)13-7(4)5/h1-2,6H,12H2,(H,13,15)(H,14,16). The molecule has 2 rings (SSSR count). The molecule has 0 radical (unpaired) electrons. The van der Waals surface area contributed by atoms with Gasteiger partial charge in [0.05, 0.1) is 5.69 Å². The molecule has 0 saturated heterocycles. The molecule has 1 aromatic rings. The van der Waals surface area contributed by atoms with Gasteiger partial charge in [-0.25, -0.2) is 5.84 Å². The van der Waals surface area contributed by atoms with E-state index in [-0.39, 0.29) is 0 Å². The Morgan fingerprint density at radius 2 is 2.25 bits per heavy atom. The molecule has 0 bridgehead atoms. The van der Waals surface area contributed by atoms with E-state index in [2.05, 4.69) is 21.2 Å². The summed E-state index contributed by atoms with van der Waals surface area (Å²) in [6.07, 6.45) is 0. The first-order valence-corrected chi connectivity index (χ1v) is 5.52. The number of hydrogen-bond donors (Lipinski definition) is 3. The van der Waals surface area contributed by atoms with Gasteiger partial charge in [0.1, 0.15) is 5.92 Å². The molecule has 1 aromatic carbocycles. The van der Waals surface area contributed by atoms with Crippen LogP contribution in [-0.4, -0.2) is 11.8 Å². The van der Waals surface area contributed by atoms with Gasteiger partial charge in [0.25, 0.3) is 5.91 Å². The van der Waals surface area contributed by atoms with E-state index in [1.807, 2.05) is 5.43 Å². The van der Waals surface area contributed by atoms with Crippen LogP contribution in [0.1, 0.15) is 11.5 Å². The maximum Gasteiger partial charge on any atom is 0.251 e. The highest BCUT2D eigenvalue weighted by Gasteiger charge is 2.37. The average Bonchev–Trinajstić information content (AvgIpc) is 2.54. The SMILES string of the molecule is NNC(=O)C1C(=O)Nc2c(Br)cc(Cl)cc21. The average molecular weight is 305 g/mol. The van der Waals surface area contributed by atoms with Crippen LogP contribution in [0.15, 0.2) is 16.6 Å². The van der Waals surface area contributed by atoms with Crippen molar-refractivity contribution in [2.45, 2.75) is 5.92 Å². The summed E-state index contributed by atoms with van der Waals surface area (Å²) in [6, 6.07) is 3.21. The van der Waals surface area contributed by atoms with Crippen LogP contribution in [0.5, 0.6) is 0 Å². The monoisotopic (exact) mass is 303 g/mol. The number of nitrogens with two attached hydrogens (primary N) is 1. The number of anilines is 1. The number of benzene rings is 1. The van der Waals surface area contributed by atoms with Gasteiger partial charge in [-0.2, -0.15) is 0 Å². The fraction of sp³-hybridized carbons (Fsp3) is 0.111. The van der Waals surface area contributed by atoms with Crippen molar-refractivity contribution in [2.24, 2.45) is 5.84 Å². The van der Waals surface area contributed by atoms with Crippen LogP contribution in [0, 0.1) is 0 Å². The highest BCUT2D eigenvalue weighted by Crippen LogP contribution is 2.40. The third kappa shape index (κ3) is 1.68. The van der Waals surface area contributed by atoms with Crippen LogP contribution >= 0.6 is 27.5 Å². The van der Waals surface area contributed by atoms with Gasteiger partial charge >= 0.3 is 0 Å². The van der Waals surface area contributed by atoms with Gasteiger partial charge in [0.2, 0.25) is 5.91 Å². The van der Waals surface area contributed by atoms with Gasteiger partial charge in [-0.1, -0.05) is 11.6 Å². The number of hydrazine groups is 1. The Kier molecular flexibility index (Phi) is 2.88. The van der Waals surface area contributed by atoms with Crippen LogP contribution in [-0.2, 0) is 9.59 Å². The number of hydrogen-bond acceptors (Lipinski definition) is 3. The zero-order valence-corrected chi connectivity index (χ0v) is 10.2. The Labute approximate surface area is 104 Å². The van der Waals surface area contributed by atoms with Crippen molar-refractivity contribution >= 4 is 45.0 Å². The quantitative estimate of drug-likeness (QED) is 0.315. The van der Waals surface area contributed by atoms with Crippen LogP contribution in [0.3, 0.4) is 0 Å². The minimum atomic E-state index is -0.949. The molecule has 4 N–H and O–H groups in total. The van der Waals surface area contributed by atoms with Gasteiger partial charge in [0.15, 0.2) is 0 Å². The summed E-state index contributed by atoms with van der Waals surface area (Å²) in [5, 5.41) is 3.04. The van der Waals surface area contributed by atoms with Gasteiger partial charge in [-0.3, -0.25) is 15.0 Å². The molecule has 0 fully saturated rings. The largest absolute Gasteiger partial charge is 0.324 e. The van der Waals surface area contributed by atoms with Gasteiger partial charge in [0, 0.05) is 15.1 Å². The summed E-state index contributed by atoms with van der Waals surface area (Å²) in [5.74, 6) is 3.09. The van der Waals surface area contributed by atoms with Crippen molar-refractivity contribution < 1.29 is 9.59 Å². The number of halogens is 2.